The standard InChI is InChI=1S/C14H8BrF2NO3/c15-13-10(5-6-20-13)12(19)11(7-18)8-1-3-9(4-2-8)21-14(16)17/h1-6,11,14H. The van der Waals surface area contributed by atoms with Crippen LogP contribution in [0.4, 0.5) is 8.78 Å². The number of carbonyl (C=O) groups is 1. The minimum absolute atomic E-state index is 0.0395. The number of hydrogen-bond donors (Lipinski definition) is 0. The Morgan fingerprint density at radius 1 is 1.29 bits per heavy atom. The molecule has 0 bridgehead atoms. The first kappa shape index (κ1) is 15.2. The largest absolute Gasteiger partial charge is 0.457 e. The highest BCUT2D eigenvalue weighted by Gasteiger charge is 2.25. The average Bonchev–Trinajstić information content (AvgIpc) is 2.87. The molecule has 0 aliphatic rings. The molecule has 7 heteroatoms. The quantitative estimate of drug-likeness (QED) is 0.756. The van der Waals surface area contributed by atoms with Crippen LogP contribution in [0.2, 0.25) is 0 Å². The summed E-state index contributed by atoms with van der Waals surface area (Å²) < 4.78 is 33.5. The summed E-state index contributed by atoms with van der Waals surface area (Å²) in [7, 11) is 0. The Hall–Kier alpha value is -2.20. The Morgan fingerprint density at radius 2 is 1.95 bits per heavy atom. The lowest BCUT2D eigenvalue weighted by atomic mass is 9.93. The van der Waals surface area contributed by atoms with Crippen molar-refractivity contribution in [3.63, 3.8) is 0 Å². The van der Waals surface area contributed by atoms with E-state index in [1.807, 2.05) is 6.07 Å². The predicted octanol–water partition coefficient (Wildman–Crippen LogP) is 4.13. The highest BCUT2D eigenvalue weighted by molar-refractivity contribution is 9.10. The second-order valence-electron chi connectivity index (χ2n) is 3.98. The van der Waals surface area contributed by atoms with Crippen molar-refractivity contribution in [2.45, 2.75) is 12.5 Å². The number of halogens is 3. The summed E-state index contributed by atoms with van der Waals surface area (Å²) in [5, 5.41) is 9.19. The van der Waals surface area contributed by atoms with E-state index in [0.29, 0.717) is 5.56 Å². The highest BCUT2D eigenvalue weighted by Crippen LogP contribution is 2.27. The van der Waals surface area contributed by atoms with Crippen LogP contribution in [0.25, 0.3) is 0 Å². The second-order valence-corrected chi connectivity index (χ2v) is 4.70. The zero-order chi connectivity index (χ0) is 15.4. The van der Waals surface area contributed by atoms with E-state index in [1.165, 1.54) is 36.6 Å². The summed E-state index contributed by atoms with van der Waals surface area (Å²) in [5.74, 6) is -1.54. The van der Waals surface area contributed by atoms with Crippen molar-refractivity contribution >= 4 is 21.7 Å². The van der Waals surface area contributed by atoms with E-state index in [9.17, 15) is 18.8 Å². The number of ketones is 1. The number of alkyl halides is 2. The van der Waals surface area contributed by atoms with Crippen molar-refractivity contribution in [3.8, 4) is 11.8 Å². The number of Topliss-reactive ketones (excluding diaryl/α,β-unsaturated/α-hetero) is 1. The number of ether oxygens (including phenoxy) is 1. The molecule has 1 aromatic heterocycles. The Labute approximate surface area is 127 Å². The minimum Gasteiger partial charge on any atom is -0.457 e. The average molecular weight is 356 g/mol. The SMILES string of the molecule is N#CC(C(=O)c1ccoc1Br)c1ccc(OC(F)F)cc1. The summed E-state index contributed by atoms with van der Waals surface area (Å²) in [6, 6.07) is 8.71. The van der Waals surface area contributed by atoms with Gasteiger partial charge in [-0.2, -0.15) is 14.0 Å². The summed E-state index contributed by atoms with van der Waals surface area (Å²) >= 11 is 3.08. The number of furan rings is 1. The maximum atomic E-state index is 12.3. The van der Waals surface area contributed by atoms with Gasteiger partial charge in [0, 0.05) is 0 Å². The second kappa shape index (κ2) is 6.50. The topological polar surface area (TPSA) is 63.2 Å². The number of nitrogens with zero attached hydrogens (tertiary/aromatic N) is 1. The molecule has 1 atom stereocenters. The Morgan fingerprint density at radius 3 is 2.43 bits per heavy atom. The van der Waals surface area contributed by atoms with Crippen LogP contribution in [0.15, 0.2) is 45.7 Å². The summed E-state index contributed by atoms with van der Waals surface area (Å²) in [4.78, 5) is 12.3. The molecule has 108 valence electrons. The normalized spacial score (nSPS) is 12.0. The van der Waals surface area contributed by atoms with Crippen LogP contribution in [0, 0.1) is 11.3 Å². The van der Waals surface area contributed by atoms with Gasteiger partial charge in [-0.3, -0.25) is 4.79 Å². The van der Waals surface area contributed by atoms with Crippen molar-refractivity contribution < 1.29 is 22.7 Å². The van der Waals surface area contributed by atoms with Gasteiger partial charge in [-0.05, 0) is 39.7 Å². The van der Waals surface area contributed by atoms with Gasteiger partial charge in [-0.15, -0.1) is 0 Å². The molecule has 0 aliphatic carbocycles. The third-order valence-electron chi connectivity index (χ3n) is 2.71. The summed E-state index contributed by atoms with van der Waals surface area (Å²) in [6.45, 7) is -2.92. The summed E-state index contributed by atoms with van der Waals surface area (Å²) in [5.41, 5.74) is 0.631. The molecule has 1 aromatic carbocycles. The fourth-order valence-electron chi connectivity index (χ4n) is 1.75. The monoisotopic (exact) mass is 355 g/mol. The van der Waals surface area contributed by atoms with E-state index >= 15 is 0 Å². The minimum atomic E-state index is -2.92. The van der Waals surface area contributed by atoms with Crippen molar-refractivity contribution in [1.29, 1.82) is 5.26 Å². The molecule has 21 heavy (non-hydrogen) atoms. The zero-order valence-corrected chi connectivity index (χ0v) is 12.0. The van der Waals surface area contributed by atoms with E-state index in [1.54, 1.807) is 0 Å². The van der Waals surface area contributed by atoms with Crippen LogP contribution in [-0.2, 0) is 0 Å². The molecule has 0 amide bonds. The van der Waals surface area contributed by atoms with Gasteiger partial charge < -0.3 is 9.15 Å². The van der Waals surface area contributed by atoms with Gasteiger partial charge in [0.2, 0.25) is 0 Å². The van der Waals surface area contributed by atoms with E-state index in [2.05, 4.69) is 20.7 Å². The lowest BCUT2D eigenvalue weighted by Gasteiger charge is -2.09. The molecule has 2 rings (SSSR count). The Kier molecular flexibility index (Phi) is 4.70. The molecule has 0 radical (unpaired) electrons. The van der Waals surface area contributed by atoms with Gasteiger partial charge in [0.15, 0.2) is 10.5 Å². The van der Waals surface area contributed by atoms with Gasteiger partial charge in [-0.25, -0.2) is 0 Å². The predicted molar refractivity (Wildman–Crippen MR) is 72.2 cm³/mol. The lowest BCUT2D eigenvalue weighted by Crippen LogP contribution is -2.11. The fourth-order valence-corrected chi connectivity index (χ4v) is 2.19. The van der Waals surface area contributed by atoms with E-state index < -0.39 is 18.3 Å². The fraction of sp³-hybridized carbons (Fsp3) is 0.143. The first-order chi connectivity index (χ1) is 10.0. The molecular formula is C14H8BrF2NO3. The maximum absolute atomic E-state index is 12.3. The molecule has 1 heterocycles. The molecule has 0 spiro atoms. The summed E-state index contributed by atoms with van der Waals surface area (Å²) in [6.07, 6.45) is 1.32. The first-order valence-electron chi connectivity index (χ1n) is 5.74. The van der Waals surface area contributed by atoms with Crippen LogP contribution in [-0.4, -0.2) is 12.4 Å². The number of hydrogen-bond acceptors (Lipinski definition) is 4. The first-order valence-corrected chi connectivity index (χ1v) is 6.54. The van der Waals surface area contributed by atoms with Crippen LogP contribution in [0.1, 0.15) is 21.8 Å². The van der Waals surface area contributed by atoms with Crippen molar-refractivity contribution in [2.75, 3.05) is 0 Å². The van der Waals surface area contributed by atoms with E-state index in [4.69, 9.17) is 4.42 Å². The van der Waals surface area contributed by atoms with Crippen molar-refractivity contribution in [2.24, 2.45) is 0 Å². The number of nitriles is 1. The molecule has 0 N–H and O–H groups in total. The molecule has 0 fully saturated rings. The maximum Gasteiger partial charge on any atom is 0.387 e. The zero-order valence-electron chi connectivity index (χ0n) is 10.4. The van der Waals surface area contributed by atoms with Crippen LogP contribution in [0.3, 0.4) is 0 Å². The van der Waals surface area contributed by atoms with E-state index in [-0.39, 0.29) is 16.0 Å². The third kappa shape index (κ3) is 3.47. The third-order valence-corrected chi connectivity index (χ3v) is 3.33. The molecular weight excluding hydrogens is 348 g/mol. The molecule has 0 saturated carbocycles. The van der Waals surface area contributed by atoms with Gasteiger partial charge in [0.25, 0.3) is 0 Å². The Bertz CT molecular complexity index is 676. The van der Waals surface area contributed by atoms with Crippen LogP contribution in [0.5, 0.6) is 5.75 Å². The molecule has 0 saturated heterocycles. The molecule has 4 nitrogen and oxygen atoms in total. The van der Waals surface area contributed by atoms with Gasteiger partial charge in [0.1, 0.15) is 11.7 Å². The van der Waals surface area contributed by atoms with Gasteiger partial charge >= 0.3 is 6.61 Å². The van der Waals surface area contributed by atoms with Gasteiger partial charge in [-0.1, -0.05) is 12.1 Å². The highest BCUT2D eigenvalue weighted by atomic mass is 79.9. The lowest BCUT2D eigenvalue weighted by molar-refractivity contribution is -0.0498. The smallest absolute Gasteiger partial charge is 0.387 e. The Balaban J connectivity index is 2.24. The van der Waals surface area contributed by atoms with Crippen LogP contribution >= 0.6 is 15.9 Å². The van der Waals surface area contributed by atoms with Gasteiger partial charge in [0.05, 0.1) is 17.9 Å². The van der Waals surface area contributed by atoms with Crippen LogP contribution < -0.4 is 4.74 Å². The van der Waals surface area contributed by atoms with E-state index in [0.717, 1.165) is 0 Å². The van der Waals surface area contributed by atoms with Crippen molar-refractivity contribution in [3.05, 3.63) is 52.4 Å². The molecule has 2 aromatic rings. The van der Waals surface area contributed by atoms with Crippen molar-refractivity contribution in [1.82, 2.24) is 0 Å². The number of benzene rings is 1. The number of carbonyl (C=O) groups excluding carboxylic acids is 1. The molecule has 1 unspecified atom stereocenters. The number of rotatable bonds is 5. The molecule has 0 aliphatic heterocycles.